The molecule has 6 nitrogen and oxygen atoms in total. The third-order valence-corrected chi connectivity index (χ3v) is 4.34. The van der Waals surface area contributed by atoms with Crippen LogP contribution in [0.4, 0.5) is 13.2 Å². The number of carbonyl (C=O) groups excluding carboxylic acids is 1. The highest BCUT2D eigenvalue weighted by atomic mass is 19.4. The molecule has 1 saturated carbocycles. The fourth-order valence-electron chi connectivity index (χ4n) is 3.01. The molecule has 0 aromatic carbocycles. The molecule has 0 spiro atoms. The third kappa shape index (κ3) is 4.15. The summed E-state index contributed by atoms with van der Waals surface area (Å²) in [5, 5.41) is 10.6. The van der Waals surface area contributed by atoms with E-state index in [0.29, 0.717) is 11.9 Å². The Morgan fingerprint density at radius 1 is 1.24 bits per heavy atom. The van der Waals surface area contributed by atoms with Crippen LogP contribution in [0.2, 0.25) is 0 Å². The van der Waals surface area contributed by atoms with Crippen molar-refractivity contribution >= 4 is 5.91 Å². The number of carbonyl (C=O) groups is 1. The molecule has 0 saturated heterocycles. The van der Waals surface area contributed by atoms with Crippen molar-refractivity contribution in [1.82, 2.24) is 25.1 Å². The van der Waals surface area contributed by atoms with Crippen molar-refractivity contribution in [2.24, 2.45) is 0 Å². The van der Waals surface area contributed by atoms with Crippen molar-refractivity contribution < 1.29 is 18.0 Å². The predicted octanol–water partition coefficient (Wildman–Crippen LogP) is 3.13. The minimum Gasteiger partial charge on any atom is -0.345 e. The molecule has 0 bridgehead atoms. The monoisotopic (exact) mass is 353 g/mol. The molecule has 0 unspecified atom stereocenters. The van der Waals surface area contributed by atoms with E-state index in [1.165, 1.54) is 6.42 Å². The normalized spacial score (nSPS) is 16.0. The second kappa shape index (κ2) is 7.20. The summed E-state index contributed by atoms with van der Waals surface area (Å²) in [6.07, 6.45) is 3.72. The number of hydrogen-bond donors (Lipinski definition) is 1. The quantitative estimate of drug-likeness (QED) is 0.917. The second-order valence-electron chi connectivity index (χ2n) is 6.06. The highest BCUT2D eigenvalue weighted by molar-refractivity contribution is 5.93. The van der Waals surface area contributed by atoms with E-state index in [1.54, 1.807) is 6.33 Å². The van der Waals surface area contributed by atoms with Crippen LogP contribution in [0.15, 0.2) is 24.7 Å². The highest BCUT2D eigenvalue weighted by Crippen LogP contribution is 2.29. The minimum atomic E-state index is -4.52. The average Bonchev–Trinajstić information content (AvgIpc) is 3.08. The molecule has 1 N–H and O–H groups in total. The van der Waals surface area contributed by atoms with E-state index in [4.69, 9.17) is 0 Å². The standard InChI is InChI=1S/C16H18F3N5O/c17-16(18,19)13-7-6-11(8-20-13)15(25)21-9-14-23-22-10-24(14)12-4-2-1-3-5-12/h6-8,10,12H,1-5,9H2,(H,21,25). The Morgan fingerprint density at radius 3 is 2.64 bits per heavy atom. The van der Waals surface area contributed by atoms with Gasteiger partial charge in [0.15, 0.2) is 5.82 Å². The van der Waals surface area contributed by atoms with Gasteiger partial charge in [-0.1, -0.05) is 19.3 Å². The van der Waals surface area contributed by atoms with Gasteiger partial charge in [-0.25, -0.2) is 0 Å². The van der Waals surface area contributed by atoms with E-state index in [-0.39, 0.29) is 12.1 Å². The fourth-order valence-corrected chi connectivity index (χ4v) is 3.01. The maximum atomic E-state index is 12.5. The summed E-state index contributed by atoms with van der Waals surface area (Å²) >= 11 is 0. The molecule has 134 valence electrons. The lowest BCUT2D eigenvalue weighted by Crippen LogP contribution is -2.26. The molecule has 2 aromatic heterocycles. The summed E-state index contributed by atoms with van der Waals surface area (Å²) in [5.41, 5.74) is -0.960. The molecule has 3 rings (SSSR count). The van der Waals surface area contributed by atoms with Gasteiger partial charge < -0.3 is 9.88 Å². The van der Waals surface area contributed by atoms with Gasteiger partial charge >= 0.3 is 6.18 Å². The van der Waals surface area contributed by atoms with Crippen LogP contribution in [-0.4, -0.2) is 25.7 Å². The van der Waals surface area contributed by atoms with Gasteiger partial charge in [0, 0.05) is 12.2 Å². The number of hydrogen-bond acceptors (Lipinski definition) is 4. The Balaban J connectivity index is 1.62. The maximum Gasteiger partial charge on any atom is 0.433 e. The maximum absolute atomic E-state index is 12.5. The number of aromatic nitrogens is 4. The van der Waals surface area contributed by atoms with Crippen LogP contribution in [0.25, 0.3) is 0 Å². The number of halogens is 3. The zero-order valence-electron chi connectivity index (χ0n) is 13.5. The lowest BCUT2D eigenvalue weighted by atomic mass is 9.95. The molecule has 1 fully saturated rings. The topological polar surface area (TPSA) is 72.7 Å². The number of nitrogens with zero attached hydrogens (tertiary/aromatic N) is 4. The van der Waals surface area contributed by atoms with Crippen LogP contribution in [0.5, 0.6) is 0 Å². The van der Waals surface area contributed by atoms with Crippen LogP contribution >= 0.6 is 0 Å². The van der Waals surface area contributed by atoms with Crippen molar-refractivity contribution in [3.05, 3.63) is 41.7 Å². The van der Waals surface area contributed by atoms with Crippen molar-refractivity contribution in [3.63, 3.8) is 0 Å². The molecule has 0 aliphatic heterocycles. The van der Waals surface area contributed by atoms with Gasteiger partial charge in [0.25, 0.3) is 5.91 Å². The summed E-state index contributed by atoms with van der Waals surface area (Å²) in [5.74, 6) is 0.138. The average molecular weight is 353 g/mol. The molecular weight excluding hydrogens is 335 g/mol. The first-order valence-electron chi connectivity index (χ1n) is 8.15. The Morgan fingerprint density at radius 2 is 2.00 bits per heavy atom. The Kier molecular flexibility index (Phi) is 5.00. The SMILES string of the molecule is O=C(NCc1nncn1C1CCCCC1)c1ccc(C(F)(F)F)nc1. The van der Waals surface area contributed by atoms with Gasteiger partial charge in [0.05, 0.1) is 12.1 Å². The van der Waals surface area contributed by atoms with Crippen molar-refractivity contribution in [1.29, 1.82) is 0 Å². The first-order chi connectivity index (χ1) is 11.9. The summed E-state index contributed by atoms with van der Waals surface area (Å²) < 4.78 is 39.5. The van der Waals surface area contributed by atoms with Crippen molar-refractivity contribution in [3.8, 4) is 0 Å². The number of amides is 1. The molecule has 1 amide bonds. The molecular formula is C16H18F3N5O. The largest absolute Gasteiger partial charge is 0.433 e. The molecule has 25 heavy (non-hydrogen) atoms. The van der Waals surface area contributed by atoms with E-state index >= 15 is 0 Å². The molecule has 0 radical (unpaired) electrons. The fraction of sp³-hybridized carbons (Fsp3) is 0.500. The van der Waals surface area contributed by atoms with E-state index < -0.39 is 17.8 Å². The molecule has 1 aliphatic rings. The van der Waals surface area contributed by atoms with Gasteiger partial charge in [-0.15, -0.1) is 10.2 Å². The van der Waals surface area contributed by atoms with Crippen LogP contribution in [0.3, 0.4) is 0 Å². The summed E-state index contributed by atoms with van der Waals surface area (Å²) in [6, 6.07) is 2.24. The molecule has 1 aliphatic carbocycles. The van der Waals surface area contributed by atoms with Crippen LogP contribution in [0.1, 0.15) is 60.0 Å². The molecule has 9 heteroatoms. The third-order valence-electron chi connectivity index (χ3n) is 4.34. The Labute approximate surface area is 142 Å². The number of pyridine rings is 1. The summed E-state index contributed by atoms with van der Waals surface area (Å²) in [4.78, 5) is 15.4. The highest BCUT2D eigenvalue weighted by Gasteiger charge is 2.32. The van der Waals surface area contributed by atoms with Gasteiger partial charge in [0.2, 0.25) is 0 Å². The molecule has 2 heterocycles. The van der Waals surface area contributed by atoms with Gasteiger partial charge in [-0.3, -0.25) is 9.78 Å². The predicted molar refractivity (Wildman–Crippen MR) is 82.6 cm³/mol. The van der Waals surface area contributed by atoms with E-state index in [9.17, 15) is 18.0 Å². The summed E-state index contributed by atoms with van der Waals surface area (Å²) in [7, 11) is 0. The van der Waals surface area contributed by atoms with Crippen LogP contribution in [-0.2, 0) is 12.7 Å². The first-order valence-corrected chi connectivity index (χ1v) is 8.15. The van der Waals surface area contributed by atoms with E-state index in [1.807, 2.05) is 4.57 Å². The van der Waals surface area contributed by atoms with E-state index in [0.717, 1.165) is 44.0 Å². The van der Waals surface area contributed by atoms with E-state index in [2.05, 4.69) is 20.5 Å². The second-order valence-corrected chi connectivity index (χ2v) is 6.06. The minimum absolute atomic E-state index is 0.0664. The Hall–Kier alpha value is -2.45. The van der Waals surface area contributed by atoms with Gasteiger partial charge in [-0.2, -0.15) is 13.2 Å². The Bertz CT molecular complexity index is 720. The number of nitrogens with one attached hydrogen (secondary N) is 1. The first kappa shape index (κ1) is 17.4. The van der Waals surface area contributed by atoms with Crippen molar-refractivity contribution in [2.45, 2.75) is 50.9 Å². The van der Waals surface area contributed by atoms with Crippen LogP contribution < -0.4 is 5.32 Å². The summed E-state index contributed by atoms with van der Waals surface area (Å²) in [6.45, 7) is 0.163. The van der Waals surface area contributed by atoms with Gasteiger partial charge in [-0.05, 0) is 25.0 Å². The lowest BCUT2D eigenvalue weighted by molar-refractivity contribution is -0.141. The molecule has 0 atom stereocenters. The smallest absolute Gasteiger partial charge is 0.345 e. The number of alkyl halides is 3. The van der Waals surface area contributed by atoms with Crippen molar-refractivity contribution in [2.75, 3.05) is 0 Å². The lowest BCUT2D eigenvalue weighted by Gasteiger charge is -2.24. The number of rotatable bonds is 4. The van der Waals surface area contributed by atoms with Gasteiger partial charge in [0.1, 0.15) is 12.0 Å². The van der Waals surface area contributed by atoms with Crippen LogP contribution in [0, 0.1) is 0 Å². The zero-order valence-corrected chi connectivity index (χ0v) is 13.5. The zero-order chi connectivity index (χ0) is 17.9. The molecule has 2 aromatic rings.